The standard InChI is InChI=1S/C13H19N3O2/c1-15-11-6-4-3-5-10(11)9(8-17)7-12(16-2)13(14)18/h3-6,8-9,12,15-16H,7H2,1-2H3,(H2,14,18). The van der Waals surface area contributed by atoms with E-state index in [1.54, 1.807) is 14.1 Å². The fourth-order valence-corrected chi connectivity index (χ4v) is 1.93. The van der Waals surface area contributed by atoms with Gasteiger partial charge in [0.25, 0.3) is 0 Å². The molecule has 0 saturated carbocycles. The highest BCUT2D eigenvalue weighted by molar-refractivity contribution is 5.81. The molecule has 4 N–H and O–H groups in total. The lowest BCUT2D eigenvalue weighted by molar-refractivity contribution is -0.120. The third-order valence-electron chi connectivity index (χ3n) is 2.98. The van der Waals surface area contributed by atoms with Gasteiger partial charge in [-0.2, -0.15) is 0 Å². The fraction of sp³-hybridized carbons (Fsp3) is 0.385. The first-order valence-electron chi connectivity index (χ1n) is 5.82. The number of primary amides is 1. The Kier molecular flexibility index (Phi) is 5.32. The Morgan fingerprint density at radius 1 is 1.39 bits per heavy atom. The van der Waals surface area contributed by atoms with Gasteiger partial charge in [-0.15, -0.1) is 0 Å². The number of carbonyl (C=O) groups is 2. The minimum Gasteiger partial charge on any atom is -0.388 e. The second-order valence-corrected chi connectivity index (χ2v) is 4.06. The normalized spacial score (nSPS) is 13.7. The molecule has 0 aliphatic carbocycles. The first kappa shape index (κ1) is 14.2. The molecule has 1 aromatic rings. The Labute approximate surface area is 107 Å². The molecule has 0 aliphatic heterocycles. The molecule has 0 fully saturated rings. The van der Waals surface area contributed by atoms with Gasteiger partial charge in [0.15, 0.2) is 0 Å². The van der Waals surface area contributed by atoms with Crippen molar-refractivity contribution in [3.05, 3.63) is 29.8 Å². The zero-order valence-corrected chi connectivity index (χ0v) is 10.6. The van der Waals surface area contributed by atoms with Gasteiger partial charge in [0, 0.05) is 18.7 Å². The maximum absolute atomic E-state index is 11.2. The lowest BCUT2D eigenvalue weighted by Gasteiger charge is -2.19. The van der Waals surface area contributed by atoms with E-state index in [9.17, 15) is 9.59 Å². The molecule has 1 amide bonds. The minimum absolute atomic E-state index is 0.355. The fourth-order valence-electron chi connectivity index (χ4n) is 1.93. The molecular formula is C13H19N3O2. The molecule has 0 spiro atoms. The number of para-hydroxylation sites is 1. The van der Waals surface area contributed by atoms with Gasteiger partial charge in [-0.05, 0) is 25.1 Å². The van der Waals surface area contributed by atoms with Gasteiger partial charge in [0.05, 0.1) is 6.04 Å². The number of benzene rings is 1. The van der Waals surface area contributed by atoms with Crippen molar-refractivity contribution in [3.63, 3.8) is 0 Å². The predicted octanol–water partition coefficient (Wildman–Crippen LogP) is 0.474. The van der Waals surface area contributed by atoms with Crippen molar-refractivity contribution in [3.8, 4) is 0 Å². The largest absolute Gasteiger partial charge is 0.388 e. The maximum atomic E-state index is 11.2. The minimum atomic E-state index is -0.509. The van der Waals surface area contributed by atoms with E-state index in [0.29, 0.717) is 6.42 Å². The van der Waals surface area contributed by atoms with Crippen LogP contribution in [0.25, 0.3) is 0 Å². The molecule has 0 radical (unpaired) electrons. The van der Waals surface area contributed by atoms with Crippen molar-refractivity contribution < 1.29 is 9.59 Å². The van der Waals surface area contributed by atoms with Gasteiger partial charge in [-0.25, -0.2) is 0 Å². The average Bonchev–Trinajstić information content (AvgIpc) is 2.40. The molecular weight excluding hydrogens is 230 g/mol. The summed E-state index contributed by atoms with van der Waals surface area (Å²) in [4.78, 5) is 22.4. The van der Waals surface area contributed by atoms with Gasteiger partial charge in [0.1, 0.15) is 6.29 Å². The molecule has 1 rings (SSSR count). The van der Waals surface area contributed by atoms with Crippen molar-refractivity contribution in [2.75, 3.05) is 19.4 Å². The van der Waals surface area contributed by atoms with Crippen molar-refractivity contribution in [2.24, 2.45) is 5.73 Å². The first-order chi connectivity index (χ1) is 8.63. The van der Waals surface area contributed by atoms with Crippen LogP contribution in [0.5, 0.6) is 0 Å². The van der Waals surface area contributed by atoms with E-state index in [4.69, 9.17) is 5.73 Å². The van der Waals surface area contributed by atoms with Crippen molar-refractivity contribution in [2.45, 2.75) is 18.4 Å². The van der Waals surface area contributed by atoms with Crippen LogP contribution in [0.2, 0.25) is 0 Å². The van der Waals surface area contributed by atoms with E-state index >= 15 is 0 Å². The SMILES string of the molecule is CNc1ccccc1C(C=O)CC(NC)C(N)=O. The molecule has 0 bridgehead atoms. The Morgan fingerprint density at radius 3 is 2.56 bits per heavy atom. The number of amides is 1. The van der Waals surface area contributed by atoms with Crippen LogP contribution in [0.1, 0.15) is 17.9 Å². The van der Waals surface area contributed by atoms with Crippen LogP contribution in [0.4, 0.5) is 5.69 Å². The lowest BCUT2D eigenvalue weighted by atomic mass is 9.92. The number of carbonyl (C=O) groups excluding carboxylic acids is 2. The Balaban J connectivity index is 2.95. The summed E-state index contributed by atoms with van der Waals surface area (Å²) in [5, 5.41) is 5.86. The molecule has 0 saturated heterocycles. The van der Waals surface area contributed by atoms with Gasteiger partial charge in [-0.3, -0.25) is 4.79 Å². The van der Waals surface area contributed by atoms with E-state index in [0.717, 1.165) is 17.5 Å². The third kappa shape index (κ3) is 3.30. The van der Waals surface area contributed by atoms with Gasteiger partial charge in [0.2, 0.25) is 5.91 Å². The van der Waals surface area contributed by atoms with Crippen LogP contribution in [0, 0.1) is 0 Å². The summed E-state index contributed by atoms with van der Waals surface area (Å²) in [6.45, 7) is 0. The first-order valence-corrected chi connectivity index (χ1v) is 5.82. The number of rotatable bonds is 7. The van der Waals surface area contributed by atoms with Crippen molar-refractivity contribution in [1.29, 1.82) is 0 Å². The second-order valence-electron chi connectivity index (χ2n) is 4.06. The van der Waals surface area contributed by atoms with Crippen LogP contribution in [-0.4, -0.2) is 32.3 Å². The number of nitrogens with two attached hydrogens (primary N) is 1. The number of aldehydes is 1. The van der Waals surface area contributed by atoms with Crippen LogP contribution >= 0.6 is 0 Å². The summed E-state index contributed by atoms with van der Waals surface area (Å²) >= 11 is 0. The van der Waals surface area contributed by atoms with Crippen LogP contribution in [-0.2, 0) is 9.59 Å². The number of anilines is 1. The number of nitrogens with one attached hydrogen (secondary N) is 2. The van der Waals surface area contributed by atoms with Crippen molar-refractivity contribution >= 4 is 17.9 Å². The molecule has 18 heavy (non-hydrogen) atoms. The number of likely N-dealkylation sites (N-methyl/N-ethyl adjacent to an activating group) is 1. The molecule has 1 aromatic carbocycles. The summed E-state index contributed by atoms with van der Waals surface area (Å²) in [5.74, 6) is -0.815. The number of hydrogen-bond acceptors (Lipinski definition) is 4. The summed E-state index contributed by atoms with van der Waals surface area (Å²) < 4.78 is 0. The van der Waals surface area contributed by atoms with E-state index in [1.807, 2.05) is 24.3 Å². The van der Waals surface area contributed by atoms with E-state index in [1.165, 1.54) is 0 Å². The van der Waals surface area contributed by atoms with Crippen LogP contribution in [0.3, 0.4) is 0 Å². The van der Waals surface area contributed by atoms with Gasteiger partial charge < -0.3 is 21.2 Å². The molecule has 5 nitrogen and oxygen atoms in total. The van der Waals surface area contributed by atoms with Gasteiger partial charge >= 0.3 is 0 Å². The molecule has 2 atom stereocenters. The highest BCUT2D eigenvalue weighted by atomic mass is 16.1. The lowest BCUT2D eigenvalue weighted by Crippen LogP contribution is -2.40. The third-order valence-corrected chi connectivity index (χ3v) is 2.98. The van der Waals surface area contributed by atoms with Crippen LogP contribution in [0.15, 0.2) is 24.3 Å². The summed E-state index contributed by atoms with van der Waals surface area (Å²) in [7, 11) is 3.45. The molecule has 5 heteroatoms. The zero-order chi connectivity index (χ0) is 13.5. The van der Waals surface area contributed by atoms with Crippen molar-refractivity contribution in [1.82, 2.24) is 5.32 Å². The molecule has 0 aliphatic rings. The predicted molar refractivity (Wildman–Crippen MR) is 71.5 cm³/mol. The molecule has 0 aromatic heterocycles. The monoisotopic (exact) mass is 249 g/mol. The summed E-state index contributed by atoms with van der Waals surface area (Å²) in [5.41, 5.74) is 7.02. The Bertz CT molecular complexity index is 420. The summed E-state index contributed by atoms with van der Waals surface area (Å²) in [6.07, 6.45) is 1.21. The second kappa shape index (κ2) is 6.76. The molecule has 2 unspecified atom stereocenters. The molecule has 98 valence electrons. The Hall–Kier alpha value is -1.88. The van der Waals surface area contributed by atoms with E-state index < -0.39 is 11.9 Å². The highest BCUT2D eigenvalue weighted by Crippen LogP contribution is 2.26. The van der Waals surface area contributed by atoms with Gasteiger partial charge in [-0.1, -0.05) is 18.2 Å². The highest BCUT2D eigenvalue weighted by Gasteiger charge is 2.22. The zero-order valence-electron chi connectivity index (χ0n) is 10.6. The summed E-state index contributed by atoms with van der Waals surface area (Å²) in [6, 6.07) is 7.01. The van der Waals surface area contributed by atoms with Crippen LogP contribution < -0.4 is 16.4 Å². The Morgan fingerprint density at radius 2 is 2.06 bits per heavy atom. The van der Waals surface area contributed by atoms with E-state index in [-0.39, 0.29) is 5.92 Å². The number of hydrogen-bond donors (Lipinski definition) is 3. The maximum Gasteiger partial charge on any atom is 0.234 e. The average molecular weight is 249 g/mol. The topological polar surface area (TPSA) is 84.2 Å². The smallest absolute Gasteiger partial charge is 0.234 e. The molecule has 0 heterocycles. The van der Waals surface area contributed by atoms with E-state index in [2.05, 4.69) is 10.6 Å². The quantitative estimate of drug-likeness (QED) is 0.613.